The fraction of sp³-hybridized carbons (Fsp3) is 0.474. The molecule has 3 heterocycles. The fourth-order valence-corrected chi connectivity index (χ4v) is 3.38. The number of esters is 1. The van der Waals surface area contributed by atoms with Crippen LogP contribution in [0.5, 0.6) is 0 Å². The van der Waals surface area contributed by atoms with Gasteiger partial charge in [-0.3, -0.25) is 0 Å². The minimum absolute atomic E-state index is 0.207. The summed E-state index contributed by atoms with van der Waals surface area (Å²) < 4.78 is 10.3. The van der Waals surface area contributed by atoms with Gasteiger partial charge in [0, 0.05) is 49.5 Å². The van der Waals surface area contributed by atoms with E-state index in [0.29, 0.717) is 37.1 Å². The van der Waals surface area contributed by atoms with Gasteiger partial charge in [-0.05, 0) is 26.8 Å². The van der Waals surface area contributed by atoms with Gasteiger partial charge >= 0.3 is 12.1 Å². The first-order valence-electron chi connectivity index (χ1n) is 9.25. The van der Waals surface area contributed by atoms with E-state index >= 15 is 0 Å². The number of carbonyl (C=O) groups is 2. The smallest absolute Gasteiger partial charge is 0.410 e. The van der Waals surface area contributed by atoms with Crippen molar-refractivity contribution in [1.29, 1.82) is 0 Å². The van der Waals surface area contributed by atoms with Crippen LogP contribution in [-0.2, 0) is 9.47 Å². The van der Waals surface area contributed by atoms with Gasteiger partial charge in [0.25, 0.3) is 0 Å². The molecule has 29 heavy (non-hydrogen) atoms. The van der Waals surface area contributed by atoms with Gasteiger partial charge in [-0.15, -0.1) is 11.3 Å². The van der Waals surface area contributed by atoms with Crippen LogP contribution in [-0.4, -0.2) is 65.8 Å². The minimum Gasteiger partial charge on any atom is -0.464 e. The second-order valence-electron chi connectivity index (χ2n) is 7.50. The summed E-state index contributed by atoms with van der Waals surface area (Å²) in [7, 11) is 1.32. The van der Waals surface area contributed by atoms with Crippen molar-refractivity contribution in [3.63, 3.8) is 0 Å². The summed E-state index contributed by atoms with van der Waals surface area (Å²) in [4.78, 5) is 36.6. The topological polar surface area (TPSA) is 96.9 Å². The Morgan fingerprint density at radius 1 is 1.17 bits per heavy atom. The van der Waals surface area contributed by atoms with Gasteiger partial charge in [-0.25, -0.2) is 19.6 Å². The molecule has 3 rings (SSSR count). The van der Waals surface area contributed by atoms with Gasteiger partial charge in [0.2, 0.25) is 0 Å². The van der Waals surface area contributed by atoms with Gasteiger partial charge in [-0.1, -0.05) is 0 Å². The number of nitrogens with zero attached hydrogens (tertiary/aromatic N) is 4. The normalized spacial score (nSPS) is 14.5. The van der Waals surface area contributed by atoms with E-state index in [1.807, 2.05) is 32.2 Å². The number of pyridine rings is 1. The van der Waals surface area contributed by atoms with Crippen LogP contribution in [0, 0.1) is 0 Å². The van der Waals surface area contributed by atoms with Gasteiger partial charge < -0.3 is 24.6 Å². The van der Waals surface area contributed by atoms with Crippen LogP contribution >= 0.6 is 11.3 Å². The van der Waals surface area contributed by atoms with E-state index in [0.717, 1.165) is 5.69 Å². The number of piperazine rings is 1. The lowest BCUT2D eigenvalue weighted by molar-refractivity contribution is 0.0240. The van der Waals surface area contributed by atoms with Gasteiger partial charge in [0.1, 0.15) is 11.4 Å². The molecule has 0 aromatic carbocycles. The summed E-state index contributed by atoms with van der Waals surface area (Å²) in [5, 5.41) is 5.64. The molecule has 2 aromatic heterocycles. The van der Waals surface area contributed by atoms with E-state index < -0.39 is 11.6 Å². The standard InChI is InChI=1S/C19H25N5O4S/c1-19(2,3)28-18(26)24-8-6-23(7-9-24)13-11-14(16(25)27-4)21-15(12-13)22-17-20-5-10-29-17/h5,10-12H,6-9H2,1-4H3,(H,20,21,22). The first kappa shape index (κ1) is 20.8. The SMILES string of the molecule is COC(=O)c1cc(N2CCN(C(=O)OC(C)(C)C)CC2)cc(Nc2nccs2)n1. The Bertz CT molecular complexity index is 858. The maximum Gasteiger partial charge on any atom is 0.410 e. The Morgan fingerprint density at radius 2 is 1.90 bits per heavy atom. The molecule has 0 atom stereocenters. The highest BCUT2D eigenvalue weighted by molar-refractivity contribution is 7.13. The summed E-state index contributed by atoms with van der Waals surface area (Å²) in [6, 6.07) is 3.55. The van der Waals surface area contributed by atoms with E-state index in [-0.39, 0.29) is 11.8 Å². The first-order valence-corrected chi connectivity index (χ1v) is 10.1. The number of carbonyl (C=O) groups excluding carboxylic acids is 2. The summed E-state index contributed by atoms with van der Waals surface area (Å²) in [5.41, 5.74) is 0.507. The quantitative estimate of drug-likeness (QED) is 0.755. The minimum atomic E-state index is -0.523. The first-order chi connectivity index (χ1) is 13.7. The van der Waals surface area contributed by atoms with E-state index in [1.165, 1.54) is 18.4 Å². The molecular weight excluding hydrogens is 394 g/mol. The summed E-state index contributed by atoms with van der Waals surface area (Å²) in [6.07, 6.45) is 1.38. The zero-order chi connectivity index (χ0) is 21.0. The van der Waals surface area contributed by atoms with Crippen LogP contribution in [0.25, 0.3) is 0 Å². The zero-order valence-corrected chi connectivity index (χ0v) is 17.8. The molecule has 1 N–H and O–H groups in total. The van der Waals surface area contributed by atoms with E-state index in [9.17, 15) is 9.59 Å². The molecule has 1 aliphatic heterocycles. The van der Waals surface area contributed by atoms with Crippen molar-refractivity contribution in [1.82, 2.24) is 14.9 Å². The number of anilines is 3. The van der Waals surface area contributed by atoms with Crippen LogP contribution in [0.4, 0.5) is 21.4 Å². The molecule has 1 aliphatic rings. The third kappa shape index (κ3) is 5.57. The number of hydrogen-bond donors (Lipinski definition) is 1. The number of amides is 1. The van der Waals surface area contributed by atoms with Crippen molar-refractivity contribution in [2.45, 2.75) is 26.4 Å². The van der Waals surface area contributed by atoms with E-state index in [4.69, 9.17) is 9.47 Å². The van der Waals surface area contributed by atoms with Crippen LogP contribution < -0.4 is 10.2 Å². The Hall–Kier alpha value is -2.88. The number of ether oxygens (including phenoxy) is 2. The van der Waals surface area contributed by atoms with Crippen LogP contribution in [0.1, 0.15) is 31.3 Å². The Morgan fingerprint density at radius 3 is 2.48 bits per heavy atom. The Kier molecular flexibility index (Phi) is 6.21. The molecule has 9 nitrogen and oxygen atoms in total. The second kappa shape index (κ2) is 8.64. The number of rotatable bonds is 4. The van der Waals surface area contributed by atoms with Gasteiger partial charge in [0.15, 0.2) is 10.8 Å². The molecule has 10 heteroatoms. The molecule has 1 fully saturated rings. The van der Waals surface area contributed by atoms with E-state index in [1.54, 1.807) is 17.2 Å². The highest BCUT2D eigenvalue weighted by Crippen LogP contribution is 2.25. The summed E-state index contributed by atoms with van der Waals surface area (Å²) in [6.45, 7) is 7.83. The maximum atomic E-state index is 12.3. The zero-order valence-electron chi connectivity index (χ0n) is 17.0. The molecular formula is C19H25N5O4S. The molecule has 0 unspecified atom stereocenters. The number of hydrogen-bond acceptors (Lipinski definition) is 9. The van der Waals surface area contributed by atoms with Crippen molar-refractivity contribution < 1.29 is 19.1 Å². The third-order valence-corrected chi connectivity index (χ3v) is 4.86. The lowest BCUT2D eigenvalue weighted by Gasteiger charge is -2.36. The number of aromatic nitrogens is 2. The predicted octanol–water partition coefficient (Wildman–Crippen LogP) is 3.13. The van der Waals surface area contributed by atoms with Crippen molar-refractivity contribution in [2.75, 3.05) is 43.5 Å². The predicted molar refractivity (Wildman–Crippen MR) is 111 cm³/mol. The molecule has 156 valence electrons. The second-order valence-corrected chi connectivity index (χ2v) is 8.40. The number of thiazole rings is 1. The maximum absolute atomic E-state index is 12.3. The average Bonchev–Trinajstić information content (AvgIpc) is 3.19. The highest BCUT2D eigenvalue weighted by atomic mass is 32.1. The number of methoxy groups -OCH3 is 1. The van der Waals surface area contributed by atoms with Crippen LogP contribution in [0.2, 0.25) is 0 Å². The molecule has 2 aromatic rings. The molecule has 0 aliphatic carbocycles. The monoisotopic (exact) mass is 419 g/mol. The fourth-order valence-electron chi connectivity index (χ4n) is 2.84. The van der Waals surface area contributed by atoms with Crippen molar-refractivity contribution in [3.05, 3.63) is 29.4 Å². The lowest BCUT2D eigenvalue weighted by atomic mass is 10.2. The van der Waals surface area contributed by atoms with Crippen LogP contribution in [0.15, 0.2) is 23.7 Å². The summed E-state index contributed by atoms with van der Waals surface area (Å²) in [5.74, 6) is -0.00569. The molecule has 1 saturated heterocycles. The molecule has 0 radical (unpaired) electrons. The third-order valence-electron chi connectivity index (χ3n) is 4.17. The number of nitrogens with one attached hydrogen (secondary N) is 1. The highest BCUT2D eigenvalue weighted by Gasteiger charge is 2.26. The molecule has 1 amide bonds. The van der Waals surface area contributed by atoms with Gasteiger partial charge in [-0.2, -0.15) is 0 Å². The van der Waals surface area contributed by atoms with E-state index in [2.05, 4.69) is 20.2 Å². The summed E-state index contributed by atoms with van der Waals surface area (Å²) >= 11 is 1.44. The molecule has 0 spiro atoms. The average molecular weight is 420 g/mol. The molecule has 0 saturated carbocycles. The van der Waals surface area contributed by atoms with Crippen LogP contribution in [0.3, 0.4) is 0 Å². The molecule has 0 bridgehead atoms. The van der Waals surface area contributed by atoms with Crippen molar-refractivity contribution >= 4 is 40.0 Å². The Balaban J connectivity index is 1.74. The van der Waals surface area contributed by atoms with Crippen molar-refractivity contribution in [2.24, 2.45) is 0 Å². The lowest BCUT2D eigenvalue weighted by Crippen LogP contribution is -2.50. The largest absolute Gasteiger partial charge is 0.464 e. The Labute approximate surface area is 173 Å². The van der Waals surface area contributed by atoms with Gasteiger partial charge in [0.05, 0.1) is 7.11 Å². The van der Waals surface area contributed by atoms with Crippen molar-refractivity contribution in [3.8, 4) is 0 Å².